The maximum atomic E-state index is 11.8. The molecule has 0 bridgehead atoms. The van der Waals surface area contributed by atoms with Crippen LogP contribution in [0.3, 0.4) is 0 Å². The van der Waals surface area contributed by atoms with Crippen molar-refractivity contribution in [3.63, 3.8) is 0 Å². The van der Waals surface area contributed by atoms with E-state index in [1.165, 1.54) is 11.2 Å². The molecule has 0 aromatic carbocycles. The van der Waals surface area contributed by atoms with Crippen molar-refractivity contribution in [2.24, 2.45) is 0 Å². The second kappa shape index (κ2) is 4.83. The Bertz CT molecular complexity index is 396. The van der Waals surface area contributed by atoms with Crippen molar-refractivity contribution in [3.8, 4) is 0 Å². The molecule has 0 aliphatic heterocycles. The molecule has 16 heavy (non-hydrogen) atoms. The Morgan fingerprint density at radius 2 is 2.19 bits per heavy atom. The van der Waals surface area contributed by atoms with Crippen LogP contribution in [0.15, 0.2) is 16.7 Å². The zero-order chi connectivity index (χ0) is 12.3. The van der Waals surface area contributed by atoms with E-state index in [1.807, 2.05) is 6.92 Å². The highest BCUT2D eigenvalue weighted by atomic mass is 16.4. The number of carbonyl (C=O) groups is 2. The van der Waals surface area contributed by atoms with Crippen molar-refractivity contribution in [1.82, 2.24) is 4.90 Å². The molecule has 1 unspecified atom stereocenters. The van der Waals surface area contributed by atoms with Gasteiger partial charge in [0, 0.05) is 13.1 Å². The number of nitrogens with zero attached hydrogens (tertiary/aromatic N) is 1. The van der Waals surface area contributed by atoms with Crippen LogP contribution in [0.1, 0.15) is 29.5 Å². The summed E-state index contributed by atoms with van der Waals surface area (Å²) in [6.45, 7) is 3.50. The molecule has 1 rings (SSSR count). The van der Waals surface area contributed by atoms with Crippen LogP contribution >= 0.6 is 0 Å². The highest BCUT2D eigenvalue weighted by Crippen LogP contribution is 2.11. The number of carboxylic acids is 1. The van der Waals surface area contributed by atoms with Crippen molar-refractivity contribution < 1.29 is 19.1 Å². The van der Waals surface area contributed by atoms with E-state index in [9.17, 15) is 9.59 Å². The first kappa shape index (κ1) is 12.3. The Morgan fingerprint density at radius 1 is 1.56 bits per heavy atom. The number of hydrogen-bond donors (Lipinski definition) is 1. The standard InChI is InChI=1S/C11H15NO4/c1-7-4-9(16-6-7)11(15)12(3)8(2)5-10(13)14/h4,6,8H,5H2,1-3H3,(H,13,14). The minimum atomic E-state index is -0.928. The molecule has 0 aliphatic carbocycles. The summed E-state index contributed by atoms with van der Waals surface area (Å²) in [6.07, 6.45) is 1.41. The molecule has 1 N–H and O–H groups in total. The molecule has 1 aromatic heterocycles. The Morgan fingerprint density at radius 3 is 2.62 bits per heavy atom. The average Bonchev–Trinajstić information content (AvgIpc) is 2.61. The van der Waals surface area contributed by atoms with Crippen LogP contribution in [-0.4, -0.2) is 35.0 Å². The Kier molecular flexibility index (Phi) is 3.71. The monoisotopic (exact) mass is 225 g/mol. The van der Waals surface area contributed by atoms with Crippen LogP contribution in [0.25, 0.3) is 0 Å². The van der Waals surface area contributed by atoms with Crippen molar-refractivity contribution in [2.75, 3.05) is 7.05 Å². The third-order valence-corrected chi connectivity index (χ3v) is 2.39. The van der Waals surface area contributed by atoms with Crippen LogP contribution in [0.4, 0.5) is 0 Å². The fourth-order valence-electron chi connectivity index (χ4n) is 1.31. The van der Waals surface area contributed by atoms with Crippen LogP contribution in [0, 0.1) is 6.92 Å². The fraction of sp³-hybridized carbons (Fsp3) is 0.455. The van der Waals surface area contributed by atoms with E-state index in [2.05, 4.69) is 0 Å². The van der Waals surface area contributed by atoms with Crippen LogP contribution < -0.4 is 0 Å². The smallest absolute Gasteiger partial charge is 0.305 e. The van der Waals surface area contributed by atoms with Crippen molar-refractivity contribution in [1.29, 1.82) is 0 Å². The van der Waals surface area contributed by atoms with E-state index in [4.69, 9.17) is 9.52 Å². The lowest BCUT2D eigenvalue weighted by atomic mass is 10.2. The number of carbonyl (C=O) groups excluding carboxylic acids is 1. The molecule has 5 heteroatoms. The zero-order valence-corrected chi connectivity index (χ0v) is 9.56. The van der Waals surface area contributed by atoms with Gasteiger partial charge in [-0.15, -0.1) is 0 Å². The molecule has 5 nitrogen and oxygen atoms in total. The molecular formula is C11H15NO4. The summed E-state index contributed by atoms with van der Waals surface area (Å²) in [6, 6.07) is 1.27. The predicted octanol–water partition coefficient (Wildman–Crippen LogP) is 1.52. The minimum absolute atomic E-state index is 0.0814. The van der Waals surface area contributed by atoms with Crippen molar-refractivity contribution >= 4 is 11.9 Å². The molecule has 0 spiro atoms. The van der Waals surface area contributed by atoms with Gasteiger partial charge in [-0.1, -0.05) is 0 Å². The van der Waals surface area contributed by atoms with Crippen LogP contribution in [0.2, 0.25) is 0 Å². The molecule has 0 saturated carbocycles. The van der Waals surface area contributed by atoms with Crippen LogP contribution in [-0.2, 0) is 4.79 Å². The maximum Gasteiger partial charge on any atom is 0.305 e. The SMILES string of the molecule is Cc1coc(C(=O)N(C)C(C)CC(=O)O)c1. The maximum absolute atomic E-state index is 11.8. The van der Waals surface area contributed by atoms with Gasteiger partial charge in [-0.3, -0.25) is 9.59 Å². The summed E-state index contributed by atoms with van der Waals surface area (Å²) < 4.78 is 5.06. The number of aryl methyl sites for hydroxylation is 1. The minimum Gasteiger partial charge on any atom is -0.481 e. The number of aliphatic carboxylic acids is 1. The predicted molar refractivity (Wildman–Crippen MR) is 57.3 cm³/mol. The van der Waals surface area contributed by atoms with Gasteiger partial charge in [-0.25, -0.2) is 0 Å². The van der Waals surface area contributed by atoms with E-state index in [0.717, 1.165) is 5.56 Å². The molecule has 1 aromatic rings. The largest absolute Gasteiger partial charge is 0.481 e. The van der Waals surface area contributed by atoms with Crippen LogP contribution in [0.5, 0.6) is 0 Å². The van der Waals surface area contributed by atoms with Gasteiger partial charge in [0.2, 0.25) is 0 Å². The molecule has 0 aliphatic rings. The molecule has 0 fully saturated rings. The summed E-state index contributed by atoms with van der Waals surface area (Å²) >= 11 is 0. The third kappa shape index (κ3) is 2.85. The second-order valence-electron chi connectivity index (χ2n) is 3.85. The Hall–Kier alpha value is -1.78. The average molecular weight is 225 g/mol. The fourth-order valence-corrected chi connectivity index (χ4v) is 1.31. The number of carboxylic acid groups (broad SMARTS) is 1. The summed E-state index contributed by atoms with van der Waals surface area (Å²) in [5.74, 6) is -0.998. The van der Waals surface area contributed by atoms with E-state index in [1.54, 1.807) is 20.0 Å². The molecule has 0 saturated heterocycles. The lowest BCUT2D eigenvalue weighted by Crippen LogP contribution is -2.36. The zero-order valence-electron chi connectivity index (χ0n) is 9.56. The molecule has 88 valence electrons. The molecule has 1 amide bonds. The van der Waals surface area contributed by atoms with Gasteiger partial charge >= 0.3 is 5.97 Å². The topological polar surface area (TPSA) is 70.8 Å². The number of furan rings is 1. The first-order chi connectivity index (χ1) is 7.41. The number of hydrogen-bond acceptors (Lipinski definition) is 3. The second-order valence-corrected chi connectivity index (χ2v) is 3.85. The summed E-state index contributed by atoms with van der Waals surface area (Å²) in [5.41, 5.74) is 0.864. The summed E-state index contributed by atoms with van der Waals surface area (Å²) in [7, 11) is 1.56. The molecule has 1 heterocycles. The highest BCUT2D eigenvalue weighted by molar-refractivity contribution is 5.91. The van der Waals surface area contributed by atoms with Gasteiger partial charge in [0.1, 0.15) is 0 Å². The highest BCUT2D eigenvalue weighted by Gasteiger charge is 2.21. The summed E-state index contributed by atoms with van der Waals surface area (Å²) in [5, 5.41) is 8.63. The number of rotatable bonds is 4. The molecular weight excluding hydrogens is 210 g/mol. The van der Waals surface area contributed by atoms with E-state index >= 15 is 0 Å². The van der Waals surface area contributed by atoms with Gasteiger partial charge in [0.15, 0.2) is 5.76 Å². The molecule has 1 atom stereocenters. The van der Waals surface area contributed by atoms with Crippen molar-refractivity contribution in [3.05, 3.63) is 23.7 Å². The Labute approximate surface area is 93.7 Å². The number of amides is 1. The first-order valence-corrected chi connectivity index (χ1v) is 4.96. The lowest BCUT2D eigenvalue weighted by molar-refractivity contribution is -0.137. The normalized spacial score (nSPS) is 12.2. The molecule has 0 radical (unpaired) electrons. The Balaban J connectivity index is 2.70. The summed E-state index contributed by atoms with van der Waals surface area (Å²) in [4.78, 5) is 23.7. The van der Waals surface area contributed by atoms with Gasteiger partial charge in [0.25, 0.3) is 5.91 Å². The van der Waals surface area contributed by atoms with Gasteiger partial charge < -0.3 is 14.4 Å². The van der Waals surface area contributed by atoms with E-state index < -0.39 is 5.97 Å². The van der Waals surface area contributed by atoms with Crippen molar-refractivity contribution in [2.45, 2.75) is 26.3 Å². The van der Waals surface area contributed by atoms with E-state index in [-0.39, 0.29) is 24.1 Å². The van der Waals surface area contributed by atoms with Gasteiger partial charge in [0.05, 0.1) is 12.7 Å². The first-order valence-electron chi connectivity index (χ1n) is 4.96. The van der Waals surface area contributed by atoms with Gasteiger partial charge in [-0.2, -0.15) is 0 Å². The lowest BCUT2D eigenvalue weighted by Gasteiger charge is -2.22. The third-order valence-electron chi connectivity index (χ3n) is 2.39. The van der Waals surface area contributed by atoms with E-state index in [0.29, 0.717) is 0 Å². The van der Waals surface area contributed by atoms with Gasteiger partial charge in [-0.05, 0) is 25.5 Å². The quantitative estimate of drug-likeness (QED) is 0.843.